The molecular weight excluding hydrogens is 330 g/mol. The minimum Gasteiger partial charge on any atom is -0.262 e. The van der Waals surface area contributed by atoms with E-state index >= 15 is 0 Å². The van der Waals surface area contributed by atoms with Crippen molar-refractivity contribution >= 4 is 26.0 Å². The first-order chi connectivity index (χ1) is 9.08. The molecule has 2 rings (SSSR count). The number of rotatable bonds is 5. The summed E-state index contributed by atoms with van der Waals surface area (Å²) in [6, 6.07) is 7.06. The molecule has 0 amide bonds. The Bertz CT molecular complexity index is 647. The van der Waals surface area contributed by atoms with Gasteiger partial charge in [-0.25, -0.2) is 13.1 Å². The van der Waals surface area contributed by atoms with Crippen LogP contribution in [0.5, 0.6) is 0 Å². The fourth-order valence-corrected chi connectivity index (χ4v) is 3.02. The van der Waals surface area contributed by atoms with Crippen molar-refractivity contribution in [1.29, 1.82) is 0 Å². The van der Waals surface area contributed by atoms with Crippen LogP contribution in [0, 0.1) is 0 Å². The molecule has 19 heavy (non-hydrogen) atoms. The van der Waals surface area contributed by atoms with Crippen molar-refractivity contribution in [3.63, 3.8) is 0 Å². The van der Waals surface area contributed by atoms with Gasteiger partial charge < -0.3 is 0 Å². The third kappa shape index (κ3) is 4.09. The fourth-order valence-electron chi connectivity index (χ4n) is 1.48. The van der Waals surface area contributed by atoms with Gasteiger partial charge in [-0.15, -0.1) is 0 Å². The summed E-state index contributed by atoms with van der Waals surface area (Å²) in [6.45, 7) is 0.297. The average Bonchev–Trinajstić information content (AvgIpc) is 2.40. The highest BCUT2D eigenvalue weighted by Gasteiger charge is 2.14. The van der Waals surface area contributed by atoms with Gasteiger partial charge in [0.1, 0.15) is 4.90 Å². The highest BCUT2D eigenvalue weighted by Crippen LogP contribution is 2.13. The topological polar surface area (TPSA) is 72.0 Å². The molecule has 0 aliphatic rings. The lowest BCUT2D eigenvalue weighted by Crippen LogP contribution is -2.26. The molecule has 0 fully saturated rings. The standard InChI is InChI=1S/C12H12BrN3O2S/c13-10-7-12(9-14-8-10)19(17,18)16-6-4-11-3-1-2-5-15-11/h1-3,5,7-9,16H,4,6H2. The summed E-state index contributed by atoms with van der Waals surface area (Å²) >= 11 is 3.19. The van der Waals surface area contributed by atoms with Crippen LogP contribution in [0.25, 0.3) is 0 Å². The van der Waals surface area contributed by atoms with Crippen molar-refractivity contribution in [3.05, 3.63) is 53.0 Å². The van der Waals surface area contributed by atoms with Crippen molar-refractivity contribution in [2.24, 2.45) is 0 Å². The van der Waals surface area contributed by atoms with E-state index in [1.165, 1.54) is 18.5 Å². The number of pyridine rings is 2. The molecule has 0 atom stereocenters. The van der Waals surface area contributed by atoms with Gasteiger partial charge in [0.2, 0.25) is 10.0 Å². The van der Waals surface area contributed by atoms with Gasteiger partial charge in [0.05, 0.1) is 0 Å². The van der Waals surface area contributed by atoms with Gasteiger partial charge in [-0.3, -0.25) is 9.97 Å². The number of hydrogen-bond donors (Lipinski definition) is 1. The number of hydrogen-bond acceptors (Lipinski definition) is 4. The minimum absolute atomic E-state index is 0.142. The molecule has 2 heterocycles. The summed E-state index contributed by atoms with van der Waals surface area (Å²) in [5.41, 5.74) is 0.845. The normalized spacial score (nSPS) is 11.4. The van der Waals surface area contributed by atoms with Gasteiger partial charge in [-0.1, -0.05) is 6.07 Å². The first-order valence-electron chi connectivity index (χ1n) is 5.58. The minimum atomic E-state index is -3.52. The van der Waals surface area contributed by atoms with Crippen molar-refractivity contribution in [2.75, 3.05) is 6.54 Å². The predicted octanol–water partition coefficient (Wildman–Crippen LogP) is 1.76. The first-order valence-corrected chi connectivity index (χ1v) is 7.86. The summed E-state index contributed by atoms with van der Waals surface area (Å²) in [7, 11) is -3.52. The molecule has 100 valence electrons. The third-order valence-electron chi connectivity index (χ3n) is 2.39. The number of nitrogens with zero attached hydrogens (tertiary/aromatic N) is 2. The molecule has 0 aliphatic heterocycles. The van der Waals surface area contributed by atoms with Crippen molar-refractivity contribution in [3.8, 4) is 0 Å². The molecular formula is C12H12BrN3O2S. The van der Waals surface area contributed by atoms with Gasteiger partial charge in [0.15, 0.2) is 0 Å². The predicted molar refractivity (Wildman–Crippen MR) is 75.1 cm³/mol. The van der Waals surface area contributed by atoms with Gasteiger partial charge in [0, 0.05) is 41.7 Å². The highest BCUT2D eigenvalue weighted by molar-refractivity contribution is 9.10. The van der Waals surface area contributed by atoms with E-state index in [1.54, 1.807) is 6.20 Å². The Balaban J connectivity index is 1.99. The summed E-state index contributed by atoms with van der Waals surface area (Å²) in [6.07, 6.45) is 5.07. The zero-order valence-electron chi connectivity index (χ0n) is 9.95. The zero-order valence-corrected chi connectivity index (χ0v) is 12.4. The second-order valence-electron chi connectivity index (χ2n) is 3.81. The molecule has 0 spiro atoms. The Morgan fingerprint density at radius 1 is 1.26 bits per heavy atom. The van der Waals surface area contributed by atoms with Gasteiger partial charge >= 0.3 is 0 Å². The molecule has 2 aromatic rings. The second kappa shape index (κ2) is 6.23. The van der Waals surface area contributed by atoms with E-state index in [4.69, 9.17) is 0 Å². The SMILES string of the molecule is O=S(=O)(NCCc1ccccn1)c1cncc(Br)c1. The Labute approximate surface area is 120 Å². The molecule has 5 nitrogen and oxygen atoms in total. The van der Waals surface area contributed by atoms with E-state index in [0.29, 0.717) is 17.4 Å². The molecule has 1 N–H and O–H groups in total. The molecule has 0 radical (unpaired) electrons. The summed E-state index contributed by atoms with van der Waals surface area (Å²) in [5, 5.41) is 0. The maximum absolute atomic E-state index is 12.0. The highest BCUT2D eigenvalue weighted by atomic mass is 79.9. The number of nitrogens with one attached hydrogen (secondary N) is 1. The number of aromatic nitrogens is 2. The Morgan fingerprint density at radius 3 is 2.79 bits per heavy atom. The average molecular weight is 342 g/mol. The maximum atomic E-state index is 12.0. The van der Waals surface area contributed by atoms with E-state index in [1.807, 2.05) is 18.2 Å². The molecule has 2 aromatic heterocycles. The summed E-state index contributed by atoms with van der Waals surface area (Å²) in [5.74, 6) is 0. The van der Waals surface area contributed by atoms with E-state index in [-0.39, 0.29) is 4.90 Å². The molecule has 0 aromatic carbocycles. The molecule has 0 saturated carbocycles. The van der Waals surface area contributed by atoms with E-state index in [2.05, 4.69) is 30.6 Å². The van der Waals surface area contributed by atoms with Crippen LogP contribution in [0.1, 0.15) is 5.69 Å². The smallest absolute Gasteiger partial charge is 0.242 e. The van der Waals surface area contributed by atoms with Crippen LogP contribution in [0.2, 0.25) is 0 Å². The van der Waals surface area contributed by atoms with Crippen LogP contribution in [0.15, 0.2) is 52.2 Å². The maximum Gasteiger partial charge on any atom is 0.242 e. The lowest BCUT2D eigenvalue weighted by molar-refractivity contribution is 0.581. The van der Waals surface area contributed by atoms with E-state index in [9.17, 15) is 8.42 Å². The van der Waals surface area contributed by atoms with Gasteiger partial charge in [0.25, 0.3) is 0 Å². The van der Waals surface area contributed by atoms with Crippen LogP contribution in [-0.4, -0.2) is 24.9 Å². The molecule has 0 aliphatic carbocycles. The van der Waals surface area contributed by atoms with Crippen LogP contribution in [0.4, 0.5) is 0 Å². The van der Waals surface area contributed by atoms with Gasteiger partial charge in [-0.05, 0) is 34.1 Å². The second-order valence-corrected chi connectivity index (χ2v) is 6.49. The summed E-state index contributed by atoms with van der Waals surface area (Å²) < 4.78 is 27.1. The first kappa shape index (κ1) is 14.1. The van der Waals surface area contributed by atoms with Crippen LogP contribution < -0.4 is 4.72 Å². The third-order valence-corrected chi connectivity index (χ3v) is 4.25. The van der Waals surface area contributed by atoms with Crippen LogP contribution in [-0.2, 0) is 16.4 Å². The van der Waals surface area contributed by atoms with Crippen molar-refractivity contribution < 1.29 is 8.42 Å². The Hall–Kier alpha value is -1.31. The van der Waals surface area contributed by atoms with E-state index < -0.39 is 10.0 Å². The lowest BCUT2D eigenvalue weighted by atomic mass is 10.3. The van der Waals surface area contributed by atoms with E-state index in [0.717, 1.165) is 5.69 Å². The Kier molecular flexibility index (Phi) is 4.62. The monoisotopic (exact) mass is 341 g/mol. The molecule has 0 saturated heterocycles. The quantitative estimate of drug-likeness (QED) is 0.899. The summed E-state index contributed by atoms with van der Waals surface area (Å²) in [4.78, 5) is 8.11. The molecule has 0 unspecified atom stereocenters. The largest absolute Gasteiger partial charge is 0.262 e. The van der Waals surface area contributed by atoms with Crippen molar-refractivity contribution in [1.82, 2.24) is 14.7 Å². The van der Waals surface area contributed by atoms with Crippen LogP contribution >= 0.6 is 15.9 Å². The molecule has 7 heteroatoms. The molecule has 0 bridgehead atoms. The fraction of sp³-hybridized carbons (Fsp3) is 0.167. The zero-order chi connectivity index (χ0) is 13.7. The number of sulfonamides is 1. The Morgan fingerprint density at radius 2 is 2.11 bits per heavy atom. The van der Waals surface area contributed by atoms with Crippen molar-refractivity contribution in [2.45, 2.75) is 11.3 Å². The lowest BCUT2D eigenvalue weighted by Gasteiger charge is -2.06. The number of halogens is 1. The van der Waals surface area contributed by atoms with Gasteiger partial charge in [-0.2, -0.15) is 0 Å². The van der Waals surface area contributed by atoms with Crippen LogP contribution in [0.3, 0.4) is 0 Å².